The third-order valence-electron chi connectivity index (χ3n) is 2.43. The standard InChI is InChI=1S/C12H8ClN3O4/c13-9-6-7(16(19)20)3-4-8(9)12(18)15-11-10(17)2-1-5-14-11/h1-6,17H,(H,14,15,18). The lowest BCUT2D eigenvalue weighted by molar-refractivity contribution is -0.384. The molecule has 0 saturated carbocycles. The van der Waals surface area contributed by atoms with Crippen molar-refractivity contribution in [2.75, 3.05) is 5.32 Å². The molecule has 0 bridgehead atoms. The van der Waals surface area contributed by atoms with E-state index in [4.69, 9.17) is 11.6 Å². The maximum atomic E-state index is 12.0. The largest absolute Gasteiger partial charge is 0.504 e. The number of nitrogens with zero attached hydrogens (tertiary/aromatic N) is 2. The Morgan fingerprint density at radius 1 is 1.40 bits per heavy atom. The first-order chi connectivity index (χ1) is 9.49. The highest BCUT2D eigenvalue weighted by Crippen LogP contribution is 2.24. The van der Waals surface area contributed by atoms with Crippen molar-refractivity contribution >= 4 is 29.0 Å². The molecule has 7 nitrogen and oxygen atoms in total. The van der Waals surface area contributed by atoms with Gasteiger partial charge in [0.15, 0.2) is 11.6 Å². The summed E-state index contributed by atoms with van der Waals surface area (Å²) in [6.45, 7) is 0. The molecule has 0 atom stereocenters. The number of rotatable bonds is 3. The topological polar surface area (TPSA) is 105 Å². The molecule has 102 valence electrons. The summed E-state index contributed by atoms with van der Waals surface area (Å²) in [6.07, 6.45) is 1.40. The van der Waals surface area contributed by atoms with Gasteiger partial charge in [0.2, 0.25) is 0 Å². The number of amides is 1. The third-order valence-corrected chi connectivity index (χ3v) is 2.74. The smallest absolute Gasteiger partial charge is 0.270 e. The molecule has 0 saturated heterocycles. The Balaban J connectivity index is 2.26. The summed E-state index contributed by atoms with van der Waals surface area (Å²) in [4.78, 5) is 25.7. The number of anilines is 1. The number of nitro groups is 1. The second-order valence-corrected chi connectivity index (χ2v) is 4.15. The van der Waals surface area contributed by atoms with E-state index in [-0.39, 0.29) is 27.8 Å². The van der Waals surface area contributed by atoms with Gasteiger partial charge in [-0.25, -0.2) is 4.98 Å². The molecule has 2 aromatic rings. The summed E-state index contributed by atoms with van der Waals surface area (Å²) in [5, 5.41) is 22.4. The van der Waals surface area contributed by atoms with Crippen molar-refractivity contribution in [3.63, 3.8) is 0 Å². The number of non-ortho nitro benzene ring substituents is 1. The monoisotopic (exact) mass is 293 g/mol. The van der Waals surface area contributed by atoms with Crippen LogP contribution in [0.25, 0.3) is 0 Å². The first kappa shape index (κ1) is 13.8. The van der Waals surface area contributed by atoms with Crippen LogP contribution in [0.2, 0.25) is 5.02 Å². The fraction of sp³-hybridized carbons (Fsp3) is 0. The number of aromatic hydroxyl groups is 1. The average Bonchev–Trinajstić information content (AvgIpc) is 2.41. The molecule has 2 rings (SSSR count). The molecule has 0 radical (unpaired) electrons. The van der Waals surface area contributed by atoms with E-state index in [0.29, 0.717) is 0 Å². The number of hydrogen-bond donors (Lipinski definition) is 2. The second-order valence-electron chi connectivity index (χ2n) is 3.75. The van der Waals surface area contributed by atoms with Gasteiger partial charge in [-0.15, -0.1) is 0 Å². The van der Waals surface area contributed by atoms with Crippen LogP contribution in [0.15, 0.2) is 36.5 Å². The molecule has 1 aromatic carbocycles. The highest BCUT2D eigenvalue weighted by molar-refractivity contribution is 6.34. The lowest BCUT2D eigenvalue weighted by Crippen LogP contribution is -2.13. The Hall–Kier alpha value is -2.67. The number of pyridine rings is 1. The van der Waals surface area contributed by atoms with Gasteiger partial charge in [-0.05, 0) is 18.2 Å². The molecule has 8 heteroatoms. The summed E-state index contributed by atoms with van der Waals surface area (Å²) in [5.41, 5.74) is -0.172. The maximum Gasteiger partial charge on any atom is 0.270 e. The minimum Gasteiger partial charge on any atom is -0.504 e. The number of hydrogen-bond acceptors (Lipinski definition) is 5. The van der Waals surface area contributed by atoms with Crippen LogP contribution in [-0.4, -0.2) is 20.9 Å². The van der Waals surface area contributed by atoms with E-state index in [1.165, 1.54) is 30.5 Å². The zero-order valence-corrected chi connectivity index (χ0v) is 10.7. The fourth-order valence-corrected chi connectivity index (χ4v) is 1.73. The van der Waals surface area contributed by atoms with Gasteiger partial charge in [-0.3, -0.25) is 14.9 Å². The van der Waals surface area contributed by atoms with E-state index < -0.39 is 10.8 Å². The minimum absolute atomic E-state index is 0.0214. The highest BCUT2D eigenvalue weighted by Gasteiger charge is 2.16. The average molecular weight is 294 g/mol. The normalized spacial score (nSPS) is 10.1. The molecule has 0 spiro atoms. The van der Waals surface area contributed by atoms with E-state index in [2.05, 4.69) is 10.3 Å². The van der Waals surface area contributed by atoms with Crippen LogP contribution in [0.5, 0.6) is 5.75 Å². The van der Waals surface area contributed by atoms with E-state index in [1.54, 1.807) is 0 Å². The molecule has 2 N–H and O–H groups in total. The molecule has 1 aromatic heterocycles. The first-order valence-electron chi connectivity index (χ1n) is 5.38. The number of carbonyl (C=O) groups excluding carboxylic acids is 1. The van der Waals surface area contributed by atoms with Crippen molar-refractivity contribution < 1.29 is 14.8 Å². The summed E-state index contributed by atoms with van der Waals surface area (Å²) >= 11 is 5.83. The van der Waals surface area contributed by atoms with Crippen molar-refractivity contribution in [1.29, 1.82) is 0 Å². The Morgan fingerprint density at radius 2 is 2.15 bits per heavy atom. The molecular weight excluding hydrogens is 286 g/mol. The second kappa shape index (κ2) is 5.54. The maximum absolute atomic E-state index is 12.0. The summed E-state index contributed by atoms with van der Waals surface area (Å²) in [5.74, 6) is -0.843. The lowest BCUT2D eigenvalue weighted by Gasteiger charge is -2.07. The van der Waals surface area contributed by atoms with Gasteiger partial charge < -0.3 is 10.4 Å². The van der Waals surface area contributed by atoms with Gasteiger partial charge in [0.05, 0.1) is 15.5 Å². The number of nitro benzene ring substituents is 1. The van der Waals surface area contributed by atoms with Crippen molar-refractivity contribution in [1.82, 2.24) is 4.98 Å². The van der Waals surface area contributed by atoms with Crippen LogP contribution in [0.3, 0.4) is 0 Å². The fourth-order valence-electron chi connectivity index (χ4n) is 1.47. The summed E-state index contributed by atoms with van der Waals surface area (Å²) in [7, 11) is 0. The molecule has 0 aliphatic heterocycles. The van der Waals surface area contributed by atoms with Crippen LogP contribution in [0.1, 0.15) is 10.4 Å². The van der Waals surface area contributed by atoms with Crippen LogP contribution in [0, 0.1) is 10.1 Å². The van der Waals surface area contributed by atoms with Crippen LogP contribution in [-0.2, 0) is 0 Å². The number of halogens is 1. The van der Waals surface area contributed by atoms with Gasteiger partial charge in [-0.1, -0.05) is 11.6 Å². The first-order valence-corrected chi connectivity index (χ1v) is 5.76. The third kappa shape index (κ3) is 2.83. The van der Waals surface area contributed by atoms with E-state index in [1.807, 2.05) is 0 Å². The Kier molecular flexibility index (Phi) is 3.81. The molecular formula is C12H8ClN3O4. The van der Waals surface area contributed by atoms with Crippen molar-refractivity contribution in [2.45, 2.75) is 0 Å². The Labute approximate surface area is 118 Å². The molecule has 0 unspecified atom stereocenters. The molecule has 0 aliphatic rings. The van der Waals surface area contributed by atoms with E-state index in [9.17, 15) is 20.0 Å². The van der Waals surface area contributed by atoms with Gasteiger partial charge >= 0.3 is 0 Å². The zero-order valence-electron chi connectivity index (χ0n) is 9.91. The highest BCUT2D eigenvalue weighted by atomic mass is 35.5. The van der Waals surface area contributed by atoms with Crippen molar-refractivity contribution in [2.24, 2.45) is 0 Å². The number of benzene rings is 1. The number of carbonyl (C=O) groups is 1. The van der Waals surface area contributed by atoms with E-state index >= 15 is 0 Å². The van der Waals surface area contributed by atoms with Crippen molar-refractivity contribution in [3.8, 4) is 5.75 Å². The Morgan fingerprint density at radius 3 is 2.75 bits per heavy atom. The van der Waals surface area contributed by atoms with Crippen molar-refractivity contribution in [3.05, 3.63) is 57.2 Å². The lowest BCUT2D eigenvalue weighted by atomic mass is 10.2. The van der Waals surface area contributed by atoms with Crippen LogP contribution in [0.4, 0.5) is 11.5 Å². The molecule has 1 heterocycles. The number of aromatic nitrogens is 1. The van der Waals surface area contributed by atoms with Gasteiger partial charge in [0, 0.05) is 18.3 Å². The van der Waals surface area contributed by atoms with Gasteiger partial charge in [0.1, 0.15) is 0 Å². The van der Waals surface area contributed by atoms with Crippen LogP contribution >= 0.6 is 11.6 Å². The summed E-state index contributed by atoms with van der Waals surface area (Å²) in [6, 6.07) is 6.34. The Bertz CT molecular complexity index is 690. The predicted molar refractivity (Wildman–Crippen MR) is 72.0 cm³/mol. The SMILES string of the molecule is O=C(Nc1ncccc1O)c1ccc([N+](=O)[O-])cc1Cl. The molecule has 1 amide bonds. The number of nitrogens with one attached hydrogen (secondary N) is 1. The van der Waals surface area contributed by atoms with E-state index in [0.717, 1.165) is 6.07 Å². The molecule has 0 fully saturated rings. The summed E-state index contributed by atoms with van der Waals surface area (Å²) < 4.78 is 0. The molecule has 20 heavy (non-hydrogen) atoms. The van der Waals surface area contributed by atoms with Crippen LogP contribution < -0.4 is 5.32 Å². The minimum atomic E-state index is -0.626. The van der Waals surface area contributed by atoms with Gasteiger partial charge in [0.25, 0.3) is 11.6 Å². The van der Waals surface area contributed by atoms with Gasteiger partial charge in [-0.2, -0.15) is 0 Å². The quantitative estimate of drug-likeness (QED) is 0.668. The predicted octanol–water partition coefficient (Wildman–Crippen LogP) is 2.60. The molecule has 0 aliphatic carbocycles. The zero-order chi connectivity index (χ0) is 14.7.